The number of benzene rings is 1. The van der Waals surface area contributed by atoms with Crippen LogP contribution < -0.4 is 9.47 Å². The predicted molar refractivity (Wildman–Crippen MR) is 53.4 cm³/mol. The van der Waals surface area contributed by atoms with Gasteiger partial charge in [-0.05, 0) is 12.1 Å². The van der Waals surface area contributed by atoms with E-state index in [1.54, 1.807) is 10.9 Å². The van der Waals surface area contributed by atoms with Gasteiger partial charge in [-0.25, -0.2) is 4.68 Å². The van der Waals surface area contributed by atoms with Gasteiger partial charge in [0.05, 0.1) is 18.5 Å². The van der Waals surface area contributed by atoms with Crippen LogP contribution in [0.4, 0.5) is 0 Å². The van der Waals surface area contributed by atoms with Gasteiger partial charge in [-0.15, -0.1) is 5.10 Å². The summed E-state index contributed by atoms with van der Waals surface area (Å²) in [6, 6.07) is 5.49. The zero-order valence-electron chi connectivity index (χ0n) is 8.33. The Kier molecular flexibility index (Phi) is 2.00. The highest BCUT2D eigenvalue weighted by Crippen LogP contribution is 2.33. The number of hydrogen-bond donors (Lipinski definition) is 1. The maximum Gasteiger partial charge on any atom is 0.231 e. The third-order valence-electron chi connectivity index (χ3n) is 2.32. The molecule has 1 N–H and O–H groups in total. The molecule has 2 aromatic rings. The molecule has 1 aromatic heterocycles. The maximum atomic E-state index is 8.89. The van der Waals surface area contributed by atoms with Crippen molar-refractivity contribution in [2.45, 2.75) is 6.61 Å². The van der Waals surface area contributed by atoms with Crippen molar-refractivity contribution in [3.63, 3.8) is 0 Å². The summed E-state index contributed by atoms with van der Waals surface area (Å²) >= 11 is 0. The second-order valence-corrected chi connectivity index (χ2v) is 3.35. The minimum absolute atomic E-state index is 0.120. The first kappa shape index (κ1) is 9.17. The van der Waals surface area contributed by atoms with E-state index in [-0.39, 0.29) is 13.4 Å². The molecule has 3 rings (SSSR count). The van der Waals surface area contributed by atoms with Crippen LogP contribution in [0.3, 0.4) is 0 Å². The Bertz CT molecular complexity index is 524. The van der Waals surface area contributed by atoms with Crippen molar-refractivity contribution >= 4 is 0 Å². The first-order chi connectivity index (χ1) is 7.86. The lowest BCUT2D eigenvalue weighted by atomic mass is 10.3. The van der Waals surface area contributed by atoms with Gasteiger partial charge in [-0.2, -0.15) is 0 Å². The zero-order valence-corrected chi connectivity index (χ0v) is 8.33. The highest BCUT2D eigenvalue weighted by atomic mass is 16.7. The van der Waals surface area contributed by atoms with E-state index >= 15 is 0 Å². The van der Waals surface area contributed by atoms with Crippen LogP contribution in [-0.2, 0) is 6.61 Å². The molecule has 0 atom stereocenters. The number of aliphatic hydroxyl groups excluding tert-OH is 1. The summed E-state index contributed by atoms with van der Waals surface area (Å²) in [4.78, 5) is 0. The number of hydrogen-bond acceptors (Lipinski definition) is 5. The Hall–Kier alpha value is -2.08. The molecule has 0 saturated carbocycles. The molecule has 0 spiro atoms. The lowest BCUT2D eigenvalue weighted by Crippen LogP contribution is -1.94. The van der Waals surface area contributed by atoms with Crippen LogP contribution in [-0.4, -0.2) is 26.9 Å². The average molecular weight is 219 g/mol. The number of aromatic nitrogens is 3. The van der Waals surface area contributed by atoms with Gasteiger partial charge in [0.25, 0.3) is 0 Å². The van der Waals surface area contributed by atoms with E-state index in [2.05, 4.69) is 10.3 Å². The highest BCUT2D eigenvalue weighted by Gasteiger charge is 2.14. The molecule has 1 aliphatic heterocycles. The lowest BCUT2D eigenvalue weighted by molar-refractivity contribution is 0.174. The summed E-state index contributed by atoms with van der Waals surface area (Å²) < 4.78 is 12.0. The molecule has 1 aromatic carbocycles. The molecule has 6 nitrogen and oxygen atoms in total. The van der Waals surface area contributed by atoms with Gasteiger partial charge in [0.15, 0.2) is 11.5 Å². The molecule has 2 heterocycles. The van der Waals surface area contributed by atoms with E-state index in [0.717, 1.165) is 11.4 Å². The van der Waals surface area contributed by atoms with Crippen LogP contribution in [0.15, 0.2) is 24.4 Å². The molecule has 0 amide bonds. The number of ether oxygens (including phenoxy) is 2. The van der Waals surface area contributed by atoms with E-state index in [9.17, 15) is 0 Å². The van der Waals surface area contributed by atoms with Crippen LogP contribution in [0.5, 0.6) is 11.5 Å². The monoisotopic (exact) mass is 219 g/mol. The summed E-state index contributed by atoms with van der Waals surface area (Å²) in [7, 11) is 0. The van der Waals surface area contributed by atoms with E-state index in [0.29, 0.717) is 11.4 Å². The highest BCUT2D eigenvalue weighted by molar-refractivity contribution is 5.49. The molecule has 82 valence electrons. The molecule has 16 heavy (non-hydrogen) atoms. The molecule has 0 aliphatic carbocycles. The molecule has 0 unspecified atom stereocenters. The second-order valence-electron chi connectivity index (χ2n) is 3.35. The quantitative estimate of drug-likeness (QED) is 0.795. The molecular weight excluding hydrogens is 210 g/mol. The van der Waals surface area contributed by atoms with Gasteiger partial charge in [0, 0.05) is 6.07 Å². The largest absolute Gasteiger partial charge is 0.454 e. The fourth-order valence-electron chi connectivity index (χ4n) is 1.52. The third-order valence-corrected chi connectivity index (χ3v) is 2.32. The lowest BCUT2D eigenvalue weighted by Gasteiger charge is -2.01. The number of aliphatic hydroxyl groups is 1. The van der Waals surface area contributed by atoms with Crippen molar-refractivity contribution < 1.29 is 14.6 Å². The summed E-state index contributed by atoms with van der Waals surface area (Å²) in [6.45, 7) is 0.128. The van der Waals surface area contributed by atoms with E-state index < -0.39 is 0 Å². The van der Waals surface area contributed by atoms with Crippen molar-refractivity contribution in [2.24, 2.45) is 0 Å². The molecule has 0 fully saturated rings. The van der Waals surface area contributed by atoms with Gasteiger partial charge >= 0.3 is 0 Å². The minimum Gasteiger partial charge on any atom is -0.454 e. The normalized spacial score (nSPS) is 13.1. The molecule has 0 saturated heterocycles. The number of rotatable bonds is 2. The van der Waals surface area contributed by atoms with Gasteiger partial charge < -0.3 is 14.6 Å². The Morgan fingerprint density at radius 1 is 1.31 bits per heavy atom. The number of nitrogens with zero attached hydrogens (tertiary/aromatic N) is 3. The molecule has 0 radical (unpaired) electrons. The maximum absolute atomic E-state index is 8.89. The van der Waals surface area contributed by atoms with Gasteiger partial charge in [0.2, 0.25) is 6.79 Å². The van der Waals surface area contributed by atoms with Crippen molar-refractivity contribution in [2.75, 3.05) is 6.79 Å². The molecular formula is C10H9N3O3. The van der Waals surface area contributed by atoms with Crippen LogP contribution in [0, 0.1) is 0 Å². The van der Waals surface area contributed by atoms with Crippen molar-refractivity contribution in [1.29, 1.82) is 0 Å². The fraction of sp³-hybridized carbons (Fsp3) is 0.200. The number of fused-ring (bicyclic) bond motifs is 1. The average Bonchev–Trinajstić information content (AvgIpc) is 2.96. The minimum atomic E-state index is -0.120. The smallest absolute Gasteiger partial charge is 0.231 e. The summed E-state index contributed by atoms with van der Waals surface area (Å²) in [6.07, 6.45) is 1.66. The molecule has 0 bridgehead atoms. The predicted octanol–water partition coefficient (Wildman–Crippen LogP) is 0.488. The van der Waals surface area contributed by atoms with Crippen molar-refractivity contribution in [1.82, 2.24) is 15.0 Å². The van der Waals surface area contributed by atoms with E-state index in [4.69, 9.17) is 14.6 Å². The summed E-state index contributed by atoms with van der Waals surface area (Å²) in [5.74, 6) is 1.42. The second kappa shape index (κ2) is 3.49. The molecule has 6 heteroatoms. The van der Waals surface area contributed by atoms with Crippen LogP contribution in [0.2, 0.25) is 0 Å². The Morgan fingerprint density at radius 3 is 3.00 bits per heavy atom. The fourth-order valence-corrected chi connectivity index (χ4v) is 1.52. The Morgan fingerprint density at radius 2 is 2.19 bits per heavy atom. The van der Waals surface area contributed by atoms with Crippen LogP contribution in [0.1, 0.15) is 5.69 Å². The zero-order chi connectivity index (χ0) is 11.0. The standard InChI is InChI=1S/C10H9N3O3/c14-5-7-4-13(12-11-7)8-1-2-9-10(3-8)16-6-15-9/h1-4,14H,5-6H2. The van der Waals surface area contributed by atoms with E-state index in [1.807, 2.05) is 18.2 Å². The van der Waals surface area contributed by atoms with Gasteiger partial charge in [-0.3, -0.25) is 0 Å². The first-order valence-corrected chi connectivity index (χ1v) is 4.79. The van der Waals surface area contributed by atoms with E-state index in [1.165, 1.54) is 0 Å². The summed E-state index contributed by atoms with van der Waals surface area (Å²) in [5.41, 5.74) is 1.34. The van der Waals surface area contributed by atoms with Gasteiger partial charge in [0.1, 0.15) is 5.69 Å². The SMILES string of the molecule is OCc1cn(-c2ccc3c(c2)OCO3)nn1. The first-order valence-electron chi connectivity index (χ1n) is 4.79. The van der Waals surface area contributed by atoms with Crippen molar-refractivity contribution in [3.8, 4) is 17.2 Å². The molecule has 1 aliphatic rings. The topological polar surface area (TPSA) is 69.4 Å². The van der Waals surface area contributed by atoms with Crippen molar-refractivity contribution in [3.05, 3.63) is 30.1 Å². The Balaban J connectivity index is 2.00. The van der Waals surface area contributed by atoms with Crippen LogP contribution >= 0.6 is 0 Å². The Labute approximate surface area is 91.0 Å². The van der Waals surface area contributed by atoms with Gasteiger partial charge in [-0.1, -0.05) is 5.21 Å². The summed E-state index contributed by atoms with van der Waals surface area (Å²) in [5, 5.41) is 16.6. The van der Waals surface area contributed by atoms with Crippen LogP contribution in [0.25, 0.3) is 5.69 Å². The third kappa shape index (κ3) is 1.40.